The van der Waals surface area contributed by atoms with E-state index in [1.165, 1.54) is 0 Å². The summed E-state index contributed by atoms with van der Waals surface area (Å²) in [5.74, 6) is -0.867. The summed E-state index contributed by atoms with van der Waals surface area (Å²) in [7, 11) is 0. The van der Waals surface area contributed by atoms with Gasteiger partial charge < -0.3 is 10.2 Å². The molecule has 182 valence electrons. The van der Waals surface area contributed by atoms with E-state index in [9.17, 15) is 14.7 Å². The van der Waals surface area contributed by atoms with Crippen molar-refractivity contribution in [3.63, 3.8) is 0 Å². The first-order valence-electron chi connectivity index (χ1n) is 11.4. The summed E-state index contributed by atoms with van der Waals surface area (Å²) in [6.45, 7) is 13.1. The molecule has 0 aromatic rings. The Labute approximate surface area is 204 Å². The Morgan fingerprint density at radius 3 is 1.82 bits per heavy atom. The monoisotopic (exact) mass is 462 g/mol. The van der Waals surface area contributed by atoms with Gasteiger partial charge in [-0.1, -0.05) is 97.4 Å². The minimum atomic E-state index is -1.15. The first-order chi connectivity index (χ1) is 15.8. The second-order valence-corrected chi connectivity index (χ2v) is 9.44. The number of allylic oxidation sites excluding steroid dienone is 15. The van der Waals surface area contributed by atoms with Crippen molar-refractivity contribution in [2.24, 2.45) is 5.41 Å². The maximum absolute atomic E-state index is 11.9. The van der Waals surface area contributed by atoms with Gasteiger partial charge in [-0.05, 0) is 52.3 Å². The molecule has 0 aromatic heterocycles. The molecule has 0 saturated carbocycles. The van der Waals surface area contributed by atoms with Gasteiger partial charge in [0.05, 0.1) is 0 Å². The van der Waals surface area contributed by atoms with Crippen LogP contribution in [0.1, 0.15) is 54.9 Å². The molecule has 2 N–H and O–H groups in total. The van der Waals surface area contributed by atoms with Gasteiger partial charge >= 0.3 is 5.97 Å². The van der Waals surface area contributed by atoms with Crippen molar-refractivity contribution in [3.8, 4) is 0 Å². The summed E-state index contributed by atoms with van der Waals surface area (Å²) in [6.07, 6.45) is 24.5. The van der Waals surface area contributed by atoms with Crippen LogP contribution in [0.4, 0.5) is 0 Å². The number of hydrogen-bond donors (Lipinski definition) is 2. The lowest BCUT2D eigenvalue weighted by Crippen LogP contribution is -2.48. The van der Waals surface area contributed by atoms with Gasteiger partial charge in [-0.3, -0.25) is 4.79 Å². The average Bonchev–Trinajstić information content (AvgIpc) is 2.73. The topological polar surface area (TPSA) is 74.6 Å². The van der Waals surface area contributed by atoms with Crippen LogP contribution in [0.5, 0.6) is 0 Å². The largest absolute Gasteiger partial charge is 0.478 e. The fraction of sp³-hybridized carbons (Fsp3) is 0.333. The number of ketones is 1. The van der Waals surface area contributed by atoms with Crippen molar-refractivity contribution in [1.82, 2.24) is 0 Å². The van der Waals surface area contributed by atoms with Gasteiger partial charge in [0.2, 0.25) is 0 Å². The van der Waals surface area contributed by atoms with E-state index in [0.29, 0.717) is 17.6 Å². The Morgan fingerprint density at radius 2 is 1.32 bits per heavy atom. The second kappa shape index (κ2) is 12.9. The van der Waals surface area contributed by atoms with Gasteiger partial charge in [0.1, 0.15) is 5.60 Å². The quantitative estimate of drug-likeness (QED) is 0.293. The van der Waals surface area contributed by atoms with Crippen molar-refractivity contribution >= 4 is 11.8 Å². The number of carboxylic acids is 1. The van der Waals surface area contributed by atoms with Crippen LogP contribution in [0.3, 0.4) is 0 Å². The van der Waals surface area contributed by atoms with Crippen LogP contribution in [0.25, 0.3) is 0 Å². The van der Waals surface area contributed by atoms with Gasteiger partial charge in [0.15, 0.2) is 5.78 Å². The van der Waals surface area contributed by atoms with E-state index in [1.807, 2.05) is 89.3 Å². The Bertz CT molecular complexity index is 1050. The lowest BCUT2D eigenvalue weighted by molar-refractivity contribution is -0.132. The third kappa shape index (κ3) is 8.95. The van der Waals surface area contributed by atoms with Crippen LogP contribution in [-0.4, -0.2) is 27.6 Å². The Kier molecular flexibility index (Phi) is 10.9. The molecule has 1 unspecified atom stereocenters. The molecule has 4 heteroatoms. The molecular weight excluding hydrogens is 424 g/mol. The Balaban J connectivity index is 2.75. The standard InChI is InChI=1S/C30H38O4/c1-22(12-8-9-13-23(2)16-11-17-25(4)28(32)33)14-10-15-24(3)18-19-30(34)26(5)20-27(31)21-29(30,6)7/h8-20,34H,21H2,1-7H3,(H,32,33)/b9-8+,14-10?,16-11+,19-18?,22-12?,23-13+,24-15?,25-17+. The molecule has 1 rings (SSSR count). The Hall–Kier alpha value is -3.24. The zero-order chi connectivity index (χ0) is 25.9. The van der Waals surface area contributed by atoms with Crippen LogP contribution in [-0.2, 0) is 9.59 Å². The minimum absolute atomic E-state index is 0.0529. The molecule has 0 amide bonds. The summed E-state index contributed by atoms with van der Waals surface area (Å²) >= 11 is 0. The third-order valence-corrected chi connectivity index (χ3v) is 5.80. The van der Waals surface area contributed by atoms with Gasteiger partial charge in [0.25, 0.3) is 0 Å². The van der Waals surface area contributed by atoms with Crippen molar-refractivity contribution < 1.29 is 19.8 Å². The molecule has 0 bridgehead atoms. The van der Waals surface area contributed by atoms with E-state index in [0.717, 1.165) is 16.7 Å². The maximum atomic E-state index is 11.9. The van der Waals surface area contributed by atoms with Crippen LogP contribution in [0.2, 0.25) is 0 Å². The van der Waals surface area contributed by atoms with E-state index in [2.05, 4.69) is 0 Å². The first-order valence-corrected chi connectivity index (χ1v) is 11.4. The minimum Gasteiger partial charge on any atom is -0.478 e. The van der Waals surface area contributed by atoms with Gasteiger partial charge in [-0.25, -0.2) is 4.79 Å². The molecule has 0 spiro atoms. The highest BCUT2D eigenvalue weighted by molar-refractivity contribution is 5.92. The van der Waals surface area contributed by atoms with E-state index < -0.39 is 17.0 Å². The Morgan fingerprint density at radius 1 is 0.853 bits per heavy atom. The molecule has 0 saturated heterocycles. The van der Waals surface area contributed by atoms with E-state index in [4.69, 9.17) is 5.11 Å². The SMILES string of the molecule is CC(C=CC1(O)C(C)=CC(=O)CC1(C)C)=CC=CC(C)=C/C=C/C=C(C)/C=C/C=C(\C)C(=O)O. The molecule has 1 aliphatic rings. The number of carbonyl (C=O) groups excluding carboxylic acids is 1. The molecule has 0 heterocycles. The maximum Gasteiger partial charge on any atom is 0.331 e. The van der Waals surface area contributed by atoms with Crippen LogP contribution < -0.4 is 0 Å². The molecule has 1 aliphatic carbocycles. The zero-order valence-corrected chi connectivity index (χ0v) is 21.4. The molecule has 0 aromatic carbocycles. The molecule has 0 aliphatic heterocycles. The van der Waals surface area contributed by atoms with Crippen LogP contribution in [0.15, 0.2) is 107 Å². The van der Waals surface area contributed by atoms with Crippen molar-refractivity contribution in [2.45, 2.75) is 60.5 Å². The van der Waals surface area contributed by atoms with Crippen molar-refractivity contribution in [2.75, 3.05) is 0 Å². The summed E-state index contributed by atoms with van der Waals surface area (Å²) in [5.41, 5.74) is 2.34. The molecular formula is C30H38O4. The number of aliphatic hydroxyl groups is 1. The highest BCUT2D eigenvalue weighted by Gasteiger charge is 2.46. The number of hydrogen-bond acceptors (Lipinski definition) is 3. The fourth-order valence-electron chi connectivity index (χ4n) is 3.46. The van der Waals surface area contributed by atoms with Crippen LogP contribution >= 0.6 is 0 Å². The summed E-state index contributed by atoms with van der Waals surface area (Å²) in [4.78, 5) is 22.6. The fourth-order valence-corrected chi connectivity index (χ4v) is 3.46. The van der Waals surface area contributed by atoms with Gasteiger partial charge in [-0.2, -0.15) is 0 Å². The van der Waals surface area contributed by atoms with Crippen molar-refractivity contribution in [3.05, 3.63) is 107 Å². The second-order valence-electron chi connectivity index (χ2n) is 9.44. The average molecular weight is 463 g/mol. The smallest absolute Gasteiger partial charge is 0.331 e. The molecule has 1 atom stereocenters. The summed E-state index contributed by atoms with van der Waals surface area (Å²) < 4.78 is 0. The van der Waals surface area contributed by atoms with Gasteiger partial charge in [-0.15, -0.1) is 0 Å². The highest BCUT2D eigenvalue weighted by atomic mass is 16.4. The van der Waals surface area contributed by atoms with E-state index >= 15 is 0 Å². The molecule has 34 heavy (non-hydrogen) atoms. The van der Waals surface area contributed by atoms with E-state index in [1.54, 1.807) is 38.2 Å². The summed E-state index contributed by atoms with van der Waals surface area (Å²) in [6, 6.07) is 0. The highest BCUT2D eigenvalue weighted by Crippen LogP contribution is 2.44. The molecule has 4 nitrogen and oxygen atoms in total. The number of carboxylic acid groups (broad SMARTS) is 1. The number of carbonyl (C=O) groups is 2. The number of rotatable bonds is 9. The predicted octanol–water partition coefficient (Wildman–Crippen LogP) is 6.76. The summed E-state index contributed by atoms with van der Waals surface area (Å²) in [5, 5.41) is 20.0. The third-order valence-electron chi connectivity index (χ3n) is 5.80. The lowest BCUT2D eigenvalue weighted by atomic mass is 9.64. The van der Waals surface area contributed by atoms with E-state index in [-0.39, 0.29) is 5.78 Å². The molecule has 0 fully saturated rings. The van der Waals surface area contributed by atoms with Crippen LogP contribution in [0, 0.1) is 5.41 Å². The van der Waals surface area contributed by atoms with Gasteiger partial charge in [0, 0.05) is 17.4 Å². The van der Waals surface area contributed by atoms with Crippen molar-refractivity contribution in [1.29, 1.82) is 0 Å². The first kappa shape index (κ1) is 28.8. The number of aliphatic carboxylic acids is 1. The predicted molar refractivity (Wildman–Crippen MR) is 141 cm³/mol. The molecule has 0 radical (unpaired) electrons. The lowest BCUT2D eigenvalue weighted by Gasteiger charge is -2.44. The normalized spacial score (nSPS) is 23.1. The zero-order valence-electron chi connectivity index (χ0n) is 21.4.